The van der Waals surface area contributed by atoms with Gasteiger partial charge in [0, 0.05) is 5.92 Å². The van der Waals surface area contributed by atoms with Crippen molar-refractivity contribution >= 4 is 7.82 Å². The molecule has 0 heterocycles. The molecule has 1 aliphatic rings. The lowest BCUT2D eigenvalue weighted by Crippen LogP contribution is -2.24. The topological polar surface area (TPSA) is 44.8 Å². The third-order valence-corrected chi connectivity index (χ3v) is 4.47. The molecule has 0 saturated heterocycles. The van der Waals surface area contributed by atoms with Crippen molar-refractivity contribution in [2.75, 3.05) is 13.2 Å². The van der Waals surface area contributed by atoms with Gasteiger partial charge in [0.05, 0.1) is 19.3 Å². The third kappa shape index (κ3) is 4.55. The van der Waals surface area contributed by atoms with E-state index >= 15 is 0 Å². The van der Waals surface area contributed by atoms with Crippen LogP contribution in [0.25, 0.3) is 0 Å². The van der Waals surface area contributed by atoms with Crippen molar-refractivity contribution in [3.63, 3.8) is 0 Å². The molecule has 0 N–H and O–H groups in total. The van der Waals surface area contributed by atoms with Crippen molar-refractivity contribution in [1.82, 2.24) is 0 Å². The quantitative estimate of drug-likeness (QED) is 0.515. The molecule has 0 amide bonds. The summed E-state index contributed by atoms with van der Waals surface area (Å²) in [4.78, 5) is 0. The molecule has 2 atom stereocenters. The first-order valence-corrected chi connectivity index (χ1v) is 7.85. The largest absolute Gasteiger partial charge is 0.475 e. The summed E-state index contributed by atoms with van der Waals surface area (Å²) in [6.07, 6.45) is 7.03. The van der Waals surface area contributed by atoms with Crippen LogP contribution in [0.15, 0.2) is 12.2 Å². The second-order valence-corrected chi connectivity index (χ2v) is 5.63. The molecule has 0 saturated carbocycles. The summed E-state index contributed by atoms with van der Waals surface area (Å²) in [5, 5.41) is 0. The third-order valence-electron chi connectivity index (χ3n) is 2.79. The maximum absolute atomic E-state index is 12.3. The predicted octanol–water partition coefficient (Wildman–Crippen LogP) is 3.93. The lowest BCUT2D eigenvalue weighted by Gasteiger charge is -2.29. The molecule has 1 rings (SSSR count). The summed E-state index contributed by atoms with van der Waals surface area (Å²) in [5.74, 6) is 0.304. The Hall–Kier alpha value is -0.150. The van der Waals surface area contributed by atoms with Crippen molar-refractivity contribution in [2.45, 2.75) is 46.1 Å². The Morgan fingerprint density at radius 3 is 2.41 bits per heavy atom. The summed E-state index contributed by atoms with van der Waals surface area (Å²) in [7, 11) is -3.37. The zero-order valence-electron chi connectivity index (χ0n) is 10.9. The van der Waals surface area contributed by atoms with Crippen LogP contribution in [0.1, 0.15) is 40.0 Å². The molecule has 0 aliphatic heterocycles. The first-order chi connectivity index (χ1) is 8.15. The van der Waals surface area contributed by atoms with Crippen molar-refractivity contribution in [3.05, 3.63) is 12.2 Å². The van der Waals surface area contributed by atoms with Crippen LogP contribution in [0.2, 0.25) is 0 Å². The first kappa shape index (κ1) is 14.9. The smallest absolute Gasteiger partial charge is 0.287 e. The van der Waals surface area contributed by atoms with Gasteiger partial charge in [0.25, 0.3) is 0 Å². The molecule has 0 bridgehead atoms. The van der Waals surface area contributed by atoms with E-state index in [4.69, 9.17) is 13.6 Å². The number of hydrogen-bond acceptors (Lipinski definition) is 4. The SMILES string of the molecule is CCOP(=O)(OCC)O[C@@H]1CCC=C[C@@H]1CC. The lowest BCUT2D eigenvalue weighted by atomic mass is 9.91. The second-order valence-electron chi connectivity index (χ2n) is 4.00. The molecule has 4 nitrogen and oxygen atoms in total. The molecule has 0 aromatic carbocycles. The van der Waals surface area contributed by atoms with Crippen LogP contribution in [0, 0.1) is 5.92 Å². The van der Waals surface area contributed by atoms with Crippen molar-refractivity contribution < 1.29 is 18.1 Å². The highest BCUT2D eigenvalue weighted by Gasteiger charge is 2.33. The molecular weight excluding hydrogens is 239 g/mol. The van der Waals surface area contributed by atoms with E-state index in [1.165, 1.54) is 0 Å². The summed E-state index contributed by atoms with van der Waals surface area (Å²) in [6, 6.07) is 0. The van der Waals surface area contributed by atoms with Crippen molar-refractivity contribution in [3.8, 4) is 0 Å². The van der Waals surface area contributed by atoms with Crippen LogP contribution in [0.5, 0.6) is 0 Å². The molecule has 17 heavy (non-hydrogen) atoms. The number of hydrogen-bond donors (Lipinski definition) is 0. The number of phosphoric acid groups is 1. The molecule has 100 valence electrons. The summed E-state index contributed by atoms with van der Waals surface area (Å²) in [6.45, 7) is 6.33. The first-order valence-electron chi connectivity index (χ1n) is 6.39. The van der Waals surface area contributed by atoms with Gasteiger partial charge in [0.2, 0.25) is 0 Å². The average Bonchev–Trinajstić information content (AvgIpc) is 2.30. The maximum Gasteiger partial charge on any atom is 0.475 e. The highest BCUT2D eigenvalue weighted by Crippen LogP contribution is 2.52. The van der Waals surface area contributed by atoms with Gasteiger partial charge < -0.3 is 0 Å². The fourth-order valence-electron chi connectivity index (χ4n) is 1.98. The molecule has 0 radical (unpaired) electrons. The van der Waals surface area contributed by atoms with Crippen molar-refractivity contribution in [1.29, 1.82) is 0 Å². The summed E-state index contributed by atoms with van der Waals surface area (Å²) >= 11 is 0. The van der Waals surface area contributed by atoms with E-state index in [0.29, 0.717) is 19.1 Å². The zero-order valence-corrected chi connectivity index (χ0v) is 11.8. The van der Waals surface area contributed by atoms with Crippen LogP contribution < -0.4 is 0 Å². The van der Waals surface area contributed by atoms with Crippen molar-refractivity contribution in [2.24, 2.45) is 5.92 Å². The molecule has 0 aromatic heterocycles. The van der Waals surface area contributed by atoms with Gasteiger partial charge in [-0.2, -0.15) is 0 Å². The zero-order chi connectivity index (χ0) is 12.7. The minimum absolute atomic E-state index is 0.0612. The Morgan fingerprint density at radius 2 is 1.88 bits per heavy atom. The van der Waals surface area contributed by atoms with Crippen LogP contribution in [-0.4, -0.2) is 19.3 Å². The van der Waals surface area contributed by atoms with E-state index in [1.54, 1.807) is 13.8 Å². The number of phosphoric ester groups is 1. The predicted molar refractivity (Wildman–Crippen MR) is 67.9 cm³/mol. The number of rotatable bonds is 7. The van der Waals surface area contributed by atoms with Gasteiger partial charge in [-0.15, -0.1) is 0 Å². The van der Waals surface area contributed by atoms with Gasteiger partial charge in [-0.05, 0) is 33.1 Å². The van der Waals surface area contributed by atoms with Crippen LogP contribution >= 0.6 is 7.82 Å². The van der Waals surface area contributed by atoms with Gasteiger partial charge in [-0.25, -0.2) is 4.57 Å². The van der Waals surface area contributed by atoms with Crippen LogP contribution in [-0.2, 0) is 18.1 Å². The molecule has 0 aromatic rings. The molecule has 0 unspecified atom stereocenters. The van der Waals surface area contributed by atoms with Gasteiger partial charge in [-0.3, -0.25) is 13.6 Å². The van der Waals surface area contributed by atoms with Gasteiger partial charge in [-0.1, -0.05) is 19.1 Å². The second kappa shape index (κ2) is 7.32. The number of allylic oxidation sites excluding steroid dienone is 1. The van der Waals surface area contributed by atoms with Crippen LogP contribution in [0.3, 0.4) is 0 Å². The fraction of sp³-hybridized carbons (Fsp3) is 0.833. The van der Waals surface area contributed by atoms with Gasteiger partial charge in [0.15, 0.2) is 0 Å². The Bertz CT molecular complexity index is 280. The van der Waals surface area contributed by atoms with E-state index in [0.717, 1.165) is 19.3 Å². The Kier molecular flexibility index (Phi) is 6.42. The lowest BCUT2D eigenvalue weighted by molar-refractivity contribution is 0.0576. The Labute approximate surface area is 104 Å². The standard InChI is InChI=1S/C12H23O4P/c1-4-11-9-7-8-10-12(11)16-17(13,14-5-2)15-6-3/h7,9,11-12H,4-6,8,10H2,1-3H3/t11-,12+/m0/s1. The molecule has 5 heteroatoms. The Balaban J connectivity index is 2.65. The molecule has 1 aliphatic carbocycles. The van der Waals surface area contributed by atoms with Gasteiger partial charge in [0.1, 0.15) is 0 Å². The molecule has 0 spiro atoms. The van der Waals surface area contributed by atoms with E-state index < -0.39 is 7.82 Å². The van der Waals surface area contributed by atoms with E-state index in [9.17, 15) is 4.57 Å². The highest BCUT2D eigenvalue weighted by molar-refractivity contribution is 7.48. The Morgan fingerprint density at radius 1 is 1.24 bits per heavy atom. The molecular formula is C12H23O4P. The summed E-state index contributed by atoms with van der Waals surface area (Å²) < 4.78 is 28.2. The van der Waals surface area contributed by atoms with E-state index in [-0.39, 0.29) is 6.10 Å². The van der Waals surface area contributed by atoms with Crippen LogP contribution in [0.4, 0.5) is 0 Å². The van der Waals surface area contributed by atoms with E-state index in [1.807, 2.05) is 0 Å². The normalized spacial score (nSPS) is 25.1. The minimum atomic E-state index is -3.37. The van der Waals surface area contributed by atoms with E-state index in [2.05, 4.69) is 19.1 Å². The summed E-state index contributed by atoms with van der Waals surface area (Å²) in [5.41, 5.74) is 0. The monoisotopic (exact) mass is 262 g/mol. The fourth-order valence-corrected chi connectivity index (χ4v) is 3.40. The molecule has 0 fully saturated rings. The minimum Gasteiger partial charge on any atom is -0.287 e. The average molecular weight is 262 g/mol. The maximum atomic E-state index is 12.3. The van der Waals surface area contributed by atoms with Gasteiger partial charge >= 0.3 is 7.82 Å². The highest BCUT2D eigenvalue weighted by atomic mass is 31.2.